The summed E-state index contributed by atoms with van der Waals surface area (Å²) in [7, 11) is 0. The van der Waals surface area contributed by atoms with Gasteiger partial charge in [0.25, 0.3) is 0 Å². The van der Waals surface area contributed by atoms with Crippen molar-refractivity contribution in [3.05, 3.63) is 32.4 Å². The molecule has 0 spiro atoms. The maximum absolute atomic E-state index is 11.8. The average molecular weight is 376 g/mol. The van der Waals surface area contributed by atoms with Crippen molar-refractivity contribution in [1.82, 2.24) is 0 Å². The van der Waals surface area contributed by atoms with Crippen molar-refractivity contribution >= 4 is 34.5 Å². The van der Waals surface area contributed by atoms with Crippen LogP contribution >= 0.6 is 22.6 Å². The first-order valence-electron chi connectivity index (χ1n) is 5.93. The zero-order valence-corrected chi connectivity index (χ0v) is 13.6. The standard InChI is InChI=1S/C14H17IO4/c1-5-19-13(18)8-6-7-9(14(2,3)4)11(15)10(8)12(16)17/h6-7H,5H2,1-4H3,(H,16,17). The lowest BCUT2D eigenvalue weighted by Crippen LogP contribution is -2.19. The number of hydrogen-bond donors (Lipinski definition) is 1. The van der Waals surface area contributed by atoms with E-state index in [9.17, 15) is 14.7 Å². The minimum absolute atomic E-state index is 0.0199. The van der Waals surface area contributed by atoms with Gasteiger partial charge in [-0.25, -0.2) is 9.59 Å². The maximum Gasteiger partial charge on any atom is 0.339 e. The van der Waals surface area contributed by atoms with Gasteiger partial charge in [0.1, 0.15) is 0 Å². The Morgan fingerprint density at radius 1 is 1.32 bits per heavy atom. The van der Waals surface area contributed by atoms with Crippen molar-refractivity contribution in [2.24, 2.45) is 0 Å². The highest BCUT2D eigenvalue weighted by atomic mass is 127. The molecule has 1 aromatic rings. The Hall–Kier alpha value is -1.11. The fourth-order valence-electron chi connectivity index (χ4n) is 1.74. The lowest BCUT2D eigenvalue weighted by Gasteiger charge is -2.22. The number of carbonyl (C=O) groups excluding carboxylic acids is 1. The largest absolute Gasteiger partial charge is 0.478 e. The van der Waals surface area contributed by atoms with Crippen molar-refractivity contribution < 1.29 is 19.4 Å². The van der Waals surface area contributed by atoms with E-state index in [-0.39, 0.29) is 23.1 Å². The number of esters is 1. The first-order valence-corrected chi connectivity index (χ1v) is 7.01. The quantitative estimate of drug-likeness (QED) is 0.648. The van der Waals surface area contributed by atoms with Gasteiger partial charge in [0.15, 0.2) is 0 Å². The minimum Gasteiger partial charge on any atom is -0.478 e. The molecule has 0 saturated heterocycles. The summed E-state index contributed by atoms with van der Waals surface area (Å²) < 4.78 is 5.48. The van der Waals surface area contributed by atoms with Gasteiger partial charge in [0.2, 0.25) is 0 Å². The summed E-state index contributed by atoms with van der Waals surface area (Å²) >= 11 is 1.98. The SMILES string of the molecule is CCOC(=O)c1ccc(C(C)(C)C)c(I)c1C(=O)O. The number of halogens is 1. The van der Waals surface area contributed by atoms with Gasteiger partial charge in [0.05, 0.1) is 17.7 Å². The van der Waals surface area contributed by atoms with Crippen LogP contribution in [0.25, 0.3) is 0 Å². The van der Waals surface area contributed by atoms with Crippen LogP contribution in [0.5, 0.6) is 0 Å². The summed E-state index contributed by atoms with van der Waals surface area (Å²) in [5.74, 6) is -1.71. The summed E-state index contributed by atoms with van der Waals surface area (Å²) in [6, 6.07) is 3.32. The van der Waals surface area contributed by atoms with Crippen molar-refractivity contribution in [3.63, 3.8) is 0 Å². The monoisotopic (exact) mass is 376 g/mol. The van der Waals surface area contributed by atoms with Crippen LogP contribution in [0.3, 0.4) is 0 Å². The second-order valence-corrected chi connectivity index (χ2v) is 6.20. The predicted molar refractivity (Wildman–Crippen MR) is 80.8 cm³/mol. The van der Waals surface area contributed by atoms with Crippen LogP contribution in [0.4, 0.5) is 0 Å². The number of ether oxygens (including phenoxy) is 1. The van der Waals surface area contributed by atoms with E-state index in [1.165, 1.54) is 6.07 Å². The van der Waals surface area contributed by atoms with Gasteiger partial charge < -0.3 is 9.84 Å². The molecule has 0 heterocycles. The van der Waals surface area contributed by atoms with Crippen LogP contribution in [-0.2, 0) is 10.2 Å². The Kier molecular flexibility index (Phi) is 4.95. The molecular weight excluding hydrogens is 359 g/mol. The van der Waals surface area contributed by atoms with E-state index in [1.807, 2.05) is 43.4 Å². The zero-order chi connectivity index (χ0) is 14.8. The van der Waals surface area contributed by atoms with Crippen molar-refractivity contribution in [2.75, 3.05) is 6.61 Å². The number of carboxylic acid groups (broad SMARTS) is 1. The molecule has 1 N–H and O–H groups in total. The molecule has 0 aliphatic carbocycles. The topological polar surface area (TPSA) is 63.6 Å². The molecule has 0 aromatic heterocycles. The van der Waals surface area contributed by atoms with E-state index >= 15 is 0 Å². The number of hydrogen-bond acceptors (Lipinski definition) is 3. The first-order chi connectivity index (χ1) is 8.70. The fraction of sp³-hybridized carbons (Fsp3) is 0.429. The molecule has 0 saturated carbocycles. The van der Waals surface area contributed by atoms with Crippen LogP contribution < -0.4 is 0 Å². The van der Waals surface area contributed by atoms with Gasteiger partial charge in [-0.15, -0.1) is 0 Å². The second-order valence-electron chi connectivity index (χ2n) is 5.13. The molecule has 1 aromatic carbocycles. The molecular formula is C14H17IO4. The molecule has 0 fully saturated rings. The van der Waals surface area contributed by atoms with E-state index < -0.39 is 11.9 Å². The Bertz CT molecular complexity index is 515. The highest BCUT2D eigenvalue weighted by molar-refractivity contribution is 14.1. The third-order valence-corrected chi connectivity index (χ3v) is 3.78. The lowest BCUT2D eigenvalue weighted by atomic mass is 9.85. The Morgan fingerprint density at radius 3 is 2.32 bits per heavy atom. The number of rotatable bonds is 3. The van der Waals surface area contributed by atoms with Crippen LogP contribution in [0.1, 0.15) is 54.0 Å². The van der Waals surface area contributed by atoms with E-state index in [4.69, 9.17) is 4.74 Å². The molecule has 0 bridgehead atoms. The maximum atomic E-state index is 11.8. The number of benzene rings is 1. The summed E-state index contributed by atoms with van der Waals surface area (Å²) in [5.41, 5.74) is 0.838. The molecule has 19 heavy (non-hydrogen) atoms. The normalized spacial score (nSPS) is 11.2. The first kappa shape index (κ1) is 15.9. The van der Waals surface area contributed by atoms with Crippen molar-refractivity contribution in [1.29, 1.82) is 0 Å². The van der Waals surface area contributed by atoms with Gasteiger partial charge in [-0.05, 0) is 46.6 Å². The van der Waals surface area contributed by atoms with E-state index in [0.29, 0.717) is 3.57 Å². The van der Waals surface area contributed by atoms with Crippen molar-refractivity contribution in [2.45, 2.75) is 33.1 Å². The molecule has 5 heteroatoms. The molecule has 1 rings (SSSR count). The smallest absolute Gasteiger partial charge is 0.339 e. The average Bonchev–Trinajstić information content (AvgIpc) is 2.26. The Labute approximate surface area is 126 Å². The van der Waals surface area contributed by atoms with Gasteiger partial charge in [-0.2, -0.15) is 0 Å². The minimum atomic E-state index is -1.11. The molecule has 4 nitrogen and oxygen atoms in total. The van der Waals surface area contributed by atoms with Crippen LogP contribution in [0.15, 0.2) is 12.1 Å². The zero-order valence-electron chi connectivity index (χ0n) is 11.4. The second kappa shape index (κ2) is 5.90. The van der Waals surface area contributed by atoms with Crippen LogP contribution in [0, 0.1) is 3.57 Å². The third kappa shape index (κ3) is 3.46. The van der Waals surface area contributed by atoms with Crippen molar-refractivity contribution in [3.8, 4) is 0 Å². The van der Waals surface area contributed by atoms with E-state index in [0.717, 1.165) is 5.56 Å². The number of carboxylic acids is 1. The molecule has 0 aliphatic heterocycles. The Morgan fingerprint density at radius 2 is 1.89 bits per heavy atom. The van der Waals surface area contributed by atoms with E-state index in [2.05, 4.69) is 0 Å². The summed E-state index contributed by atoms with van der Waals surface area (Å²) in [4.78, 5) is 23.2. The number of aromatic carboxylic acids is 1. The summed E-state index contributed by atoms with van der Waals surface area (Å²) in [6.07, 6.45) is 0. The molecule has 0 amide bonds. The fourth-order valence-corrected chi connectivity index (χ4v) is 3.25. The molecule has 0 aliphatic rings. The highest BCUT2D eigenvalue weighted by Gasteiger charge is 2.26. The van der Waals surface area contributed by atoms with Crippen LogP contribution in [-0.4, -0.2) is 23.7 Å². The van der Waals surface area contributed by atoms with Gasteiger partial charge in [-0.1, -0.05) is 26.8 Å². The summed E-state index contributed by atoms with van der Waals surface area (Å²) in [5, 5.41) is 9.34. The number of carbonyl (C=O) groups is 2. The molecule has 0 atom stereocenters. The summed E-state index contributed by atoms with van der Waals surface area (Å²) in [6.45, 7) is 7.91. The predicted octanol–water partition coefficient (Wildman–Crippen LogP) is 3.46. The molecule has 104 valence electrons. The van der Waals surface area contributed by atoms with Crippen LogP contribution in [0.2, 0.25) is 0 Å². The van der Waals surface area contributed by atoms with E-state index in [1.54, 1.807) is 13.0 Å². The van der Waals surface area contributed by atoms with Gasteiger partial charge >= 0.3 is 11.9 Å². The Balaban J connectivity index is 3.49. The molecule has 0 radical (unpaired) electrons. The lowest BCUT2D eigenvalue weighted by molar-refractivity contribution is 0.0514. The highest BCUT2D eigenvalue weighted by Crippen LogP contribution is 2.31. The third-order valence-electron chi connectivity index (χ3n) is 2.66. The van der Waals surface area contributed by atoms with Gasteiger partial charge in [0, 0.05) is 3.57 Å². The van der Waals surface area contributed by atoms with Gasteiger partial charge in [-0.3, -0.25) is 0 Å². The molecule has 0 unspecified atom stereocenters.